The number of hydrogen-bond acceptors (Lipinski definition) is 5. The highest BCUT2D eigenvalue weighted by Gasteiger charge is 2.29. The number of amides is 1. The summed E-state index contributed by atoms with van der Waals surface area (Å²) in [6, 6.07) is 7.12. The number of nitrogens with zero attached hydrogens (tertiary/aromatic N) is 3. The van der Waals surface area contributed by atoms with Crippen LogP contribution in [0.5, 0.6) is 5.75 Å². The van der Waals surface area contributed by atoms with E-state index in [9.17, 15) is 4.79 Å². The number of pyridine rings is 2. The molecule has 0 aliphatic carbocycles. The van der Waals surface area contributed by atoms with Crippen LogP contribution in [0.1, 0.15) is 30.5 Å². The molecule has 1 aliphatic rings. The normalized spacial score (nSPS) is 16.8. The fourth-order valence-electron chi connectivity index (χ4n) is 2.57. The molecule has 0 radical (unpaired) electrons. The van der Waals surface area contributed by atoms with Crippen molar-refractivity contribution in [1.82, 2.24) is 14.9 Å². The predicted octanol–water partition coefficient (Wildman–Crippen LogP) is 2.92. The molecule has 0 spiro atoms. The SMILES string of the molecule is CCC1CN(C(=O)OOc2ccncc2)Cc2cccnc21. The van der Waals surface area contributed by atoms with E-state index in [1.54, 1.807) is 35.6 Å². The third-order valence-corrected chi connectivity index (χ3v) is 3.72. The highest BCUT2D eigenvalue weighted by Crippen LogP contribution is 2.29. The van der Waals surface area contributed by atoms with Gasteiger partial charge in [0.05, 0.1) is 12.2 Å². The molecule has 22 heavy (non-hydrogen) atoms. The van der Waals surface area contributed by atoms with Crippen LogP contribution in [-0.4, -0.2) is 27.5 Å². The Bertz CT molecular complexity index is 648. The zero-order valence-corrected chi connectivity index (χ0v) is 12.3. The number of hydrogen-bond donors (Lipinski definition) is 0. The van der Waals surface area contributed by atoms with Gasteiger partial charge in [0.25, 0.3) is 0 Å². The Balaban J connectivity index is 1.67. The van der Waals surface area contributed by atoms with Crippen LogP contribution in [0.25, 0.3) is 0 Å². The smallest absolute Gasteiger partial charge is 0.300 e. The van der Waals surface area contributed by atoms with Crippen molar-refractivity contribution in [2.45, 2.75) is 25.8 Å². The second kappa shape index (κ2) is 6.43. The predicted molar refractivity (Wildman–Crippen MR) is 79.0 cm³/mol. The molecule has 2 aromatic heterocycles. The van der Waals surface area contributed by atoms with Crippen molar-refractivity contribution in [3.63, 3.8) is 0 Å². The van der Waals surface area contributed by atoms with Crippen LogP contribution in [0, 0.1) is 0 Å². The Kier molecular flexibility index (Phi) is 4.18. The number of fused-ring (bicyclic) bond motifs is 1. The average Bonchev–Trinajstić information content (AvgIpc) is 2.59. The van der Waals surface area contributed by atoms with Crippen LogP contribution in [0.15, 0.2) is 42.9 Å². The molecule has 2 aromatic rings. The van der Waals surface area contributed by atoms with Crippen molar-refractivity contribution in [3.05, 3.63) is 54.1 Å². The molecule has 1 aliphatic heterocycles. The number of carbonyl (C=O) groups excluding carboxylic acids is 1. The van der Waals surface area contributed by atoms with E-state index in [2.05, 4.69) is 16.9 Å². The van der Waals surface area contributed by atoms with E-state index in [1.165, 1.54) is 0 Å². The second-order valence-electron chi connectivity index (χ2n) is 5.15. The first-order valence-corrected chi connectivity index (χ1v) is 7.25. The molecule has 0 fully saturated rings. The second-order valence-corrected chi connectivity index (χ2v) is 5.15. The van der Waals surface area contributed by atoms with Crippen LogP contribution in [0.3, 0.4) is 0 Å². The van der Waals surface area contributed by atoms with E-state index in [0.717, 1.165) is 17.7 Å². The van der Waals surface area contributed by atoms with Crippen molar-refractivity contribution in [2.24, 2.45) is 0 Å². The van der Waals surface area contributed by atoms with Gasteiger partial charge < -0.3 is 4.90 Å². The summed E-state index contributed by atoms with van der Waals surface area (Å²) < 4.78 is 0. The molecule has 1 atom stereocenters. The van der Waals surface area contributed by atoms with Crippen molar-refractivity contribution < 1.29 is 14.6 Å². The van der Waals surface area contributed by atoms with Gasteiger partial charge in [-0.2, -0.15) is 0 Å². The van der Waals surface area contributed by atoms with Crippen molar-refractivity contribution >= 4 is 6.09 Å². The van der Waals surface area contributed by atoms with E-state index in [-0.39, 0.29) is 5.92 Å². The van der Waals surface area contributed by atoms with Gasteiger partial charge in [0, 0.05) is 43.2 Å². The van der Waals surface area contributed by atoms with Crippen molar-refractivity contribution in [3.8, 4) is 5.75 Å². The van der Waals surface area contributed by atoms with Gasteiger partial charge >= 0.3 is 6.09 Å². The van der Waals surface area contributed by atoms with Crippen LogP contribution in [0.4, 0.5) is 4.79 Å². The Hall–Kier alpha value is -2.63. The monoisotopic (exact) mass is 299 g/mol. The first-order valence-electron chi connectivity index (χ1n) is 7.25. The summed E-state index contributed by atoms with van der Waals surface area (Å²) in [7, 11) is 0. The Morgan fingerprint density at radius 3 is 2.91 bits per heavy atom. The summed E-state index contributed by atoms with van der Waals surface area (Å²) in [6.45, 7) is 3.16. The lowest BCUT2D eigenvalue weighted by molar-refractivity contribution is -0.155. The zero-order valence-electron chi connectivity index (χ0n) is 12.3. The topological polar surface area (TPSA) is 64.6 Å². The molecule has 6 heteroatoms. The lowest BCUT2D eigenvalue weighted by atomic mass is 9.93. The minimum atomic E-state index is -0.496. The van der Waals surface area contributed by atoms with Gasteiger partial charge in [-0.3, -0.25) is 14.9 Å². The van der Waals surface area contributed by atoms with E-state index in [1.807, 2.05) is 12.1 Å². The van der Waals surface area contributed by atoms with Crippen molar-refractivity contribution in [2.75, 3.05) is 6.54 Å². The molecule has 3 rings (SSSR count). The molecule has 0 aromatic carbocycles. The summed E-state index contributed by atoms with van der Waals surface area (Å²) in [4.78, 5) is 32.1. The summed E-state index contributed by atoms with van der Waals surface area (Å²) in [5.74, 6) is 0.660. The van der Waals surface area contributed by atoms with Crippen molar-refractivity contribution in [1.29, 1.82) is 0 Å². The lowest BCUT2D eigenvalue weighted by Gasteiger charge is -2.32. The zero-order chi connectivity index (χ0) is 15.4. The standard InChI is InChI=1S/C16H17N3O3/c1-2-12-10-19(11-13-4-3-7-18-15(12)13)16(20)22-21-14-5-8-17-9-6-14/h3-9,12H,2,10-11H2,1H3. The van der Waals surface area contributed by atoms with E-state index < -0.39 is 6.09 Å². The third-order valence-electron chi connectivity index (χ3n) is 3.72. The Morgan fingerprint density at radius 1 is 1.32 bits per heavy atom. The Morgan fingerprint density at radius 2 is 2.14 bits per heavy atom. The lowest BCUT2D eigenvalue weighted by Crippen LogP contribution is -2.39. The molecular weight excluding hydrogens is 282 g/mol. The van der Waals surface area contributed by atoms with Crippen LogP contribution >= 0.6 is 0 Å². The van der Waals surface area contributed by atoms with Gasteiger partial charge in [-0.15, -0.1) is 0 Å². The highest BCUT2D eigenvalue weighted by atomic mass is 17.2. The number of carbonyl (C=O) groups is 1. The van der Waals surface area contributed by atoms with Crippen LogP contribution in [0.2, 0.25) is 0 Å². The van der Waals surface area contributed by atoms with Gasteiger partial charge in [-0.1, -0.05) is 13.0 Å². The van der Waals surface area contributed by atoms with Crippen LogP contribution < -0.4 is 4.89 Å². The maximum atomic E-state index is 12.2. The molecule has 0 saturated heterocycles. The van der Waals surface area contributed by atoms with Gasteiger partial charge in [0.1, 0.15) is 0 Å². The average molecular weight is 299 g/mol. The summed E-state index contributed by atoms with van der Waals surface area (Å²) >= 11 is 0. The first-order chi connectivity index (χ1) is 10.8. The molecule has 0 saturated carbocycles. The summed E-state index contributed by atoms with van der Waals surface area (Å²) in [6.07, 6.45) is 5.35. The molecule has 1 unspecified atom stereocenters. The molecule has 114 valence electrons. The van der Waals surface area contributed by atoms with Crippen LogP contribution in [-0.2, 0) is 11.4 Å². The minimum Gasteiger partial charge on any atom is -0.300 e. The minimum absolute atomic E-state index is 0.221. The van der Waals surface area contributed by atoms with Gasteiger partial charge in [0.2, 0.25) is 0 Å². The fourth-order valence-corrected chi connectivity index (χ4v) is 2.57. The fraction of sp³-hybridized carbons (Fsp3) is 0.312. The molecule has 0 bridgehead atoms. The Labute approximate surface area is 128 Å². The first kappa shape index (κ1) is 14.3. The highest BCUT2D eigenvalue weighted by molar-refractivity contribution is 5.67. The molecule has 0 N–H and O–H groups in total. The number of rotatable bonds is 3. The van der Waals surface area contributed by atoms with Gasteiger partial charge in [-0.05, 0) is 18.1 Å². The largest absolute Gasteiger partial charge is 0.453 e. The molecule has 6 nitrogen and oxygen atoms in total. The van der Waals surface area contributed by atoms with Gasteiger partial charge in [0.15, 0.2) is 5.75 Å². The summed E-state index contributed by atoms with van der Waals surface area (Å²) in [5.41, 5.74) is 2.13. The third kappa shape index (κ3) is 3.00. The van der Waals surface area contributed by atoms with E-state index in [4.69, 9.17) is 9.78 Å². The maximum Gasteiger partial charge on any atom is 0.453 e. The quantitative estimate of drug-likeness (QED) is 0.644. The molecule has 3 heterocycles. The van der Waals surface area contributed by atoms with Gasteiger partial charge in [-0.25, -0.2) is 9.68 Å². The molecular formula is C16H17N3O3. The van der Waals surface area contributed by atoms with E-state index in [0.29, 0.717) is 18.8 Å². The number of aromatic nitrogens is 2. The summed E-state index contributed by atoms with van der Waals surface area (Å²) in [5, 5.41) is 0. The van der Waals surface area contributed by atoms with E-state index >= 15 is 0 Å². The maximum absolute atomic E-state index is 12.2. The molecule has 1 amide bonds.